The van der Waals surface area contributed by atoms with Crippen LogP contribution in [0.4, 0.5) is 22.7 Å². The normalized spacial score (nSPS) is 13.2. The predicted octanol–water partition coefficient (Wildman–Crippen LogP) is 8.39. The van der Waals surface area contributed by atoms with Crippen molar-refractivity contribution in [2.24, 2.45) is 10.2 Å². The van der Waals surface area contributed by atoms with Crippen molar-refractivity contribution in [3.63, 3.8) is 0 Å². The molecule has 2 aromatic carbocycles. The number of nitro benzene ring substituents is 1. The number of aryl methyl sites for hydroxylation is 1. The fraction of sp³-hybridized carbons (Fsp3) is 0.586. The van der Waals surface area contributed by atoms with Gasteiger partial charge in [-0.05, 0) is 80.6 Å². The Morgan fingerprint density at radius 3 is 1.69 bits per heavy atom. The lowest BCUT2D eigenvalue weighted by Gasteiger charge is -2.40. The van der Waals surface area contributed by atoms with Gasteiger partial charge in [-0.2, -0.15) is 10.2 Å². The van der Waals surface area contributed by atoms with Crippen LogP contribution >= 0.6 is 0 Å². The first-order chi connectivity index (χ1) is 17.8. The number of benzene rings is 2. The van der Waals surface area contributed by atoms with E-state index in [4.69, 9.17) is 8.85 Å². The summed E-state index contributed by atoms with van der Waals surface area (Å²) in [7, 11) is 0.778. The van der Waals surface area contributed by atoms with Gasteiger partial charge in [-0.3, -0.25) is 10.1 Å². The molecule has 8 nitrogen and oxygen atoms in total. The minimum Gasteiger partial charge on any atom is -0.410 e. The van der Waals surface area contributed by atoms with Crippen molar-refractivity contribution in [2.75, 3.05) is 18.0 Å². The summed E-state index contributed by atoms with van der Waals surface area (Å²) in [6.45, 7) is 25.1. The fourth-order valence-corrected chi connectivity index (χ4v) is 4.80. The first-order valence-corrected chi connectivity index (χ1v) is 15.0. The second-order valence-electron chi connectivity index (χ2n) is 13.2. The molecule has 2 rings (SSSR count). The average molecular weight is 569 g/mol. The Hall–Kier alpha value is -2.41. The quantitative estimate of drug-likeness (QED) is 0.111. The van der Waals surface area contributed by atoms with Gasteiger partial charge in [0.25, 0.3) is 5.69 Å². The van der Waals surface area contributed by atoms with E-state index < -0.39 is 4.92 Å². The number of hydrogen-bond acceptors (Lipinski definition) is 7. The first-order valence-electron chi connectivity index (χ1n) is 13.2. The van der Waals surface area contributed by atoms with Gasteiger partial charge in [-0.1, -0.05) is 41.5 Å². The van der Waals surface area contributed by atoms with Gasteiger partial charge in [0.05, 0.1) is 27.5 Å². The van der Waals surface area contributed by atoms with E-state index in [-0.39, 0.29) is 27.0 Å². The molecule has 0 N–H and O–H groups in total. The zero-order valence-corrected chi connectivity index (χ0v) is 27.4. The number of hydrogen-bond donors (Lipinski definition) is 0. The minimum atomic E-state index is -0.429. The summed E-state index contributed by atoms with van der Waals surface area (Å²) >= 11 is 0. The molecular formula is C29H44N4O4Si2. The molecule has 0 saturated carbocycles. The number of nitrogens with zero attached hydrogens (tertiary/aromatic N) is 4. The Labute approximate surface area is 239 Å². The number of nitro groups is 1. The minimum absolute atomic E-state index is 0.0273. The topological polar surface area (TPSA) is 89.6 Å². The maximum atomic E-state index is 10.9. The summed E-state index contributed by atoms with van der Waals surface area (Å²) in [6, 6.07) is 12.2. The van der Waals surface area contributed by atoms with Crippen molar-refractivity contribution in [1.82, 2.24) is 0 Å². The molecule has 10 heteroatoms. The van der Waals surface area contributed by atoms with Crippen LogP contribution in [0.1, 0.15) is 74.8 Å². The number of azo groups is 1. The van der Waals surface area contributed by atoms with E-state index in [1.165, 1.54) is 12.1 Å². The van der Waals surface area contributed by atoms with Gasteiger partial charge in [0.1, 0.15) is 0 Å². The third kappa shape index (κ3) is 12.1. The van der Waals surface area contributed by atoms with E-state index in [1.54, 1.807) is 12.1 Å². The van der Waals surface area contributed by atoms with E-state index in [2.05, 4.69) is 96.5 Å². The highest BCUT2D eigenvalue weighted by Crippen LogP contribution is 2.31. The van der Waals surface area contributed by atoms with Crippen LogP contribution in [0.25, 0.3) is 0 Å². The van der Waals surface area contributed by atoms with E-state index in [1.807, 2.05) is 13.0 Å². The molecule has 0 spiro atoms. The Balaban J connectivity index is 2.30. The molecule has 39 heavy (non-hydrogen) atoms. The van der Waals surface area contributed by atoms with Crippen molar-refractivity contribution in [3.05, 3.63) is 58.1 Å². The highest BCUT2D eigenvalue weighted by molar-refractivity contribution is 6.32. The monoisotopic (exact) mass is 568 g/mol. The molecule has 0 aliphatic carbocycles. The third-order valence-electron chi connectivity index (χ3n) is 5.29. The molecule has 0 unspecified atom stereocenters. The Bertz CT molecular complexity index is 1110. The fourth-order valence-electron chi connectivity index (χ4n) is 3.51. The summed E-state index contributed by atoms with van der Waals surface area (Å²) in [6.07, 6.45) is 0. The van der Waals surface area contributed by atoms with Crippen molar-refractivity contribution in [2.45, 2.75) is 97.4 Å². The summed E-state index contributed by atoms with van der Waals surface area (Å²) in [5.41, 5.74) is 2.64. The maximum absolute atomic E-state index is 10.9. The molecule has 0 saturated heterocycles. The van der Waals surface area contributed by atoms with Crippen molar-refractivity contribution < 1.29 is 13.8 Å². The summed E-state index contributed by atoms with van der Waals surface area (Å²) in [5, 5.41) is 19.8. The highest BCUT2D eigenvalue weighted by atomic mass is 28.2. The smallest absolute Gasteiger partial charge is 0.269 e. The summed E-state index contributed by atoms with van der Waals surface area (Å²) < 4.78 is 12.8. The van der Waals surface area contributed by atoms with E-state index >= 15 is 0 Å². The molecule has 2 aromatic rings. The zero-order valence-electron chi connectivity index (χ0n) is 25.4. The average Bonchev–Trinajstić information content (AvgIpc) is 2.80. The Morgan fingerprint density at radius 1 is 0.795 bits per heavy atom. The van der Waals surface area contributed by atoms with Crippen LogP contribution in [-0.2, 0) is 8.85 Å². The SMILES string of the molecule is Cc1cc(N(CC(C)(C)O[Si]C(C)(C)C)CC(C)(C)O[Si]C(C)(C)C)ccc1N=Nc1ccc([N+](=O)[O-])cc1. The number of rotatable bonds is 12. The molecule has 0 fully saturated rings. The van der Waals surface area contributed by atoms with E-state index in [9.17, 15) is 10.1 Å². The molecule has 4 radical (unpaired) electrons. The van der Waals surface area contributed by atoms with Crippen LogP contribution < -0.4 is 4.90 Å². The largest absolute Gasteiger partial charge is 0.410 e. The van der Waals surface area contributed by atoms with Gasteiger partial charge in [0.15, 0.2) is 0 Å². The Morgan fingerprint density at radius 2 is 1.28 bits per heavy atom. The molecule has 0 bridgehead atoms. The third-order valence-corrected chi connectivity index (χ3v) is 7.82. The lowest BCUT2D eigenvalue weighted by Crippen LogP contribution is -2.49. The lowest BCUT2D eigenvalue weighted by atomic mass is 10.0. The van der Waals surface area contributed by atoms with Crippen LogP contribution in [-0.4, -0.2) is 48.7 Å². The molecule has 0 aliphatic rings. The second kappa shape index (κ2) is 12.8. The van der Waals surface area contributed by atoms with Gasteiger partial charge in [0.2, 0.25) is 19.5 Å². The standard InChI is InChI=1S/C29H44N4O4Si2/c1-21-18-24(16-17-25(21)31-30-22-12-14-23(15-13-22)33(34)35)32(19-28(8,9)36-38-26(2,3)4)20-29(10,11)37-39-27(5,6)7/h12-18H,19-20H2,1-11H3. The van der Waals surface area contributed by atoms with Crippen LogP contribution in [0.3, 0.4) is 0 Å². The van der Waals surface area contributed by atoms with Crippen molar-refractivity contribution in [3.8, 4) is 0 Å². The van der Waals surface area contributed by atoms with Gasteiger partial charge >= 0.3 is 0 Å². The maximum Gasteiger partial charge on any atom is 0.269 e. The Kier molecular flexibility index (Phi) is 10.8. The number of anilines is 1. The van der Waals surface area contributed by atoms with Crippen LogP contribution in [0, 0.1) is 17.0 Å². The van der Waals surface area contributed by atoms with Gasteiger partial charge in [0, 0.05) is 30.9 Å². The van der Waals surface area contributed by atoms with Gasteiger partial charge in [-0.15, -0.1) is 0 Å². The lowest BCUT2D eigenvalue weighted by molar-refractivity contribution is -0.384. The summed E-state index contributed by atoms with van der Waals surface area (Å²) in [4.78, 5) is 12.8. The van der Waals surface area contributed by atoms with Crippen LogP contribution in [0.2, 0.25) is 10.1 Å². The zero-order chi connectivity index (χ0) is 29.6. The van der Waals surface area contributed by atoms with E-state index in [0.29, 0.717) is 38.3 Å². The molecule has 212 valence electrons. The van der Waals surface area contributed by atoms with Crippen LogP contribution in [0.5, 0.6) is 0 Å². The first kappa shape index (κ1) is 32.8. The highest BCUT2D eigenvalue weighted by Gasteiger charge is 2.31. The molecule has 0 atom stereocenters. The summed E-state index contributed by atoms with van der Waals surface area (Å²) in [5.74, 6) is 0. The van der Waals surface area contributed by atoms with Crippen molar-refractivity contribution in [1.29, 1.82) is 0 Å². The molecule has 0 aliphatic heterocycles. The van der Waals surface area contributed by atoms with E-state index in [0.717, 1.165) is 16.9 Å². The predicted molar refractivity (Wildman–Crippen MR) is 162 cm³/mol. The number of non-ortho nitro benzene ring substituents is 1. The molecule has 0 aromatic heterocycles. The molecule has 0 heterocycles. The van der Waals surface area contributed by atoms with Gasteiger partial charge < -0.3 is 13.8 Å². The molecule has 0 amide bonds. The van der Waals surface area contributed by atoms with Crippen molar-refractivity contribution >= 4 is 42.3 Å². The molecular weight excluding hydrogens is 525 g/mol. The second-order valence-corrected chi connectivity index (χ2v) is 17.0. The van der Waals surface area contributed by atoms with Crippen LogP contribution in [0.15, 0.2) is 52.7 Å². The van der Waals surface area contributed by atoms with Gasteiger partial charge in [-0.25, -0.2) is 0 Å².